The molecule has 88 valence electrons. The minimum Gasteiger partial charge on any atom is -0.314 e. The highest BCUT2D eigenvalue weighted by molar-refractivity contribution is 5.36. The minimum absolute atomic E-state index is 0.257. The van der Waals surface area contributed by atoms with Gasteiger partial charge in [0.2, 0.25) is 0 Å². The molecule has 1 fully saturated rings. The summed E-state index contributed by atoms with van der Waals surface area (Å²) in [7, 11) is 0. The van der Waals surface area contributed by atoms with Gasteiger partial charge in [0.1, 0.15) is 0 Å². The van der Waals surface area contributed by atoms with Crippen LogP contribution in [0.4, 0.5) is 0 Å². The fourth-order valence-corrected chi connectivity index (χ4v) is 2.46. The number of nitriles is 1. The third-order valence-corrected chi connectivity index (χ3v) is 3.51. The molecule has 2 rings (SSSR count). The summed E-state index contributed by atoms with van der Waals surface area (Å²) >= 11 is 0. The summed E-state index contributed by atoms with van der Waals surface area (Å²) < 4.78 is 0. The molecule has 1 aliphatic carbocycles. The standard InChI is InChI=1S/C15H18N2/c1-2-3-9-17-14-10-15(11-14,12-16)13-7-5-4-6-8-13/h2,4-8,14,17H,1,3,9-11H2. The minimum atomic E-state index is -0.257. The van der Waals surface area contributed by atoms with Crippen molar-refractivity contribution in [3.63, 3.8) is 0 Å². The summed E-state index contributed by atoms with van der Waals surface area (Å²) in [6.07, 6.45) is 4.75. The molecule has 1 aromatic carbocycles. The molecule has 17 heavy (non-hydrogen) atoms. The molecule has 0 aromatic heterocycles. The van der Waals surface area contributed by atoms with Crippen molar-refractivity contribution in [3.05, 3.63) is 48.6 Å². The lowest BCUT2D eigenvalue weighted by molar-refractivity contribution is 0.228. The molecule has 0 amide bonds. The average molecular weight is 226 g/mol. The summed E-state index contributed by atoms with van der Waals surface area (Å²) in [5.41, 5.74) is 0.900. The van der Waals surface area contributed by atoms with Crippen LogP contribution in [0.5, 0.6) is 0 Å². The van der Waals surface area contributed by atoms with E-state index >= 15 is 0 Å². The fraction of sp³-hybridized carbons (Fsp3) is 0.400. The lowest BCUT2D eigenvalue weighted by Gasteiger charge is -2.43. The molecule has 1 aromatic rings. The van der Waals surface area contributed by atoms with Gasteiger partial charge in [-0.05, 0) is 31.4 Å². The van der Waals surface area contributed by atoms with Crippen molar-refractivity contribution in [2.75, 3.05) is 6.54 Å². The summed E-state index contributed by atoms with van der Waals surface area (Å²) in [5, 5.41) is 12.8. The molecule has 0 radical (unpaired) electrons. The molecule has 0 spiro atoms. The molecule has 2 nitrogen and oxygen atoms in total. The first kappa shape index (κ1) is 11.9. The van der Waals surface area contributed by atoms with Crippen LogP contribution in [-0.2, 0) is 5.41 Å². The van der Waals surface area contributed by atoms with Crippen LogP contribution in [0.15, 0.2) is 43.0 Å². The van der Waals surface area contributed by atoms with Gasteiger partial charge in [0, 0.05) is 6.04 Å². The number of hydrogen-bond donors (Lipinski definition) is 1. The SMILES string of the molecule is C=CCCNC1CC(C#N)(c2ccccc2)C1. The molecule has 0 aliphatic heterocycles. The van der Waals surface area contributed by atoms with Gasteiger partial charge in [0.25, 0.3) is 0 Å². The molecular weight excluding hydrogens is 208 g/mol. The zero-order valence-corrected chi connectivity index (χ0v) is 10.0. The Morgan fingerprint density at radius 3 is 2.71 bits per heavy atom. The van der Waals surface area contributed by atoms with Gasteiger partial charge in [-0.3, -0.25) is 0 Å². The number of nitrogens with zero attached hydrogens (tertiary/aromatic N) is 1. The zero-order valence-electron chi connectivity index (χ0n) is 10.0. The van der Waals surface area contributed by atoms with Crippen molar-refractivity contribution in [2.45, 2.75) is 30.7 Å². The Kier molecular flexibility index (Phi) is 3.61. The second-order valence-electron chi connectivity index (χ2n) is 4.70. The van der Waals surface area contributed by atoms with E-state index in [0.717, 1.165) is 31.4 Å². The molecule has 0 heterocycles. The van der Waals surface area contributed by atoms with E-state index in [1.165, 1.54) is 0 Å². The van der Waals surface area contributed by atoms with E-state index in [1.54, 1.807) is 0 Å². The summed E-state index contributed by atoms with van der Waals surface area (Å²) in [5.74, 6) is 0. The van der Waals surface area contributed by atoms with E-state index in [0.29, 0.717) is 6.04 Å². The van der Waals surface area contributed by atoms with Gasteiger partial charge in [-0.2, -0.15) is 5.26 Å². The molecule has 1 aliphatic rings. The molecule has 0 atom stereocenters. The summed E-state index contributed by atoms with van der Waals surface area (Å²) in [6.45, 7) is 4.66. The first-order valence-corrected chi connectivity index (χ1v) is 6.12. The topological polar surface area (TPSA) is 35.8 Å². The maximum atomic E-state index is 9.39. The van der Waals surface area contributed by atoms with Gasteiger partial charge in [-0.1, -0.05) is 36.4 Å². The quantitative estimate of drug-likeness (QED) is 0.619. The second-order valence-corrected chi connectivity index (χ2v) is 4.70. The van der Waals surface area contributed by atoms with Gasteiger partial charge >= 0.3 is 0 Å². The van der Waals surface area contributed by atoms with Crippen molar-refractivity contribution in [3.8, 4) is 6.07 Å². The predicted molar refractivity (Wildman–Crippen MR) is 69.6 cm³/mol. The molecule has 1 saturated carbocycles. The third-order valence-electron chi connectivity index (χ3n) is 3.51. The van der Waals surface area contributed by atoms with Crippen LogP contribution in [0.3, 0.4) is 0 Å². The van der Waals surface area contributed by atoms with Crippen LogP contribution in [0.25, 0.3) is 0 Å². The van der Waals surface area contributed by atoms with E-state index in [2.05, 4.69) is 30.1 Å². The Bertz CT molecular complexity index is 410. The Hall–Kier alpha value is -1.59. The summed E-state index contributed by atoms with van der Waals surface area (Å²) in [4.78, 5) is 0. The average Bonchev–Trinajstić information content (AvgIpc) is 2.34. The highest BCUT2D eigenvalue weighted by atomic mass is 14.9. The lowest BCUT2D eigenvalue weighted by Crippen LogP contribution is -2.51. The van der Waals surface area contributed by atoms with Gasteiger partial charge in [0.05, 0.1) is 11.5 Å². The second kappa shape index (κ2) is 5.16. The monoisotopic (exact) mass is 226 g/mol. The maximum Gasteiger partial charge on any atom is 0.0852 e. The molecule has 0 bridgehead atoms. The van der Waals surface area contributed by atoms with E-state index in [9.17, 15) is 5.26 Å². The normalized spacial score (nSPS) is 26.9. The van der Waals surface area contributed by atoms with E-state index < -0.39 is 0 Å². The van der Waals surface area contributed by atoms with Gasteiger partial charge in [0.15, 0.2) is 0 Å². The Labute approximate surface area is 103 Å². The number of nitrogens with one attached hydrogen (secondary N) is 1. The van der Waals surface area contributed by atoms with Crippen molar-refractivity contribution >= 4 is 0 Å². The molecule has 0 saturated heterocycles. The Balaban J connectivity index is 1.94. The lowest BCUT2D eigenvalue weighted by atomic mass is 9.62. The van der Waals surface area contributed by atoms with E-state index in [-0.39, 0.29) is 5.41 Å². The number of rotatable bonds is 5. The smallest absolute Gasteiger partial charge is 0.0852 e. The number of hydrogen-bond acceptors (Lipinski definition) is 2. The van der Waals surface area contributed by atoms with E-state index in [1.807, 2.05) is 24.3 Å². The number of benzene rings is 1. The van der Waals surface area contributed by atoms with Crippen molar-refractivity contribution < 1.29 is 0 Å². The van der Waals surface area contributed by atoms with Crippen LogP contribution >= 0.6 is 0 Å². The zero-order chi connectivity index (χ0) is 12.1. The largest absolute Gasteiger partial charge is 0.314 e. The molecule has 0 unspecified atom stereocenters. The highest BCUT2D eigenvalue weighted by Crippen LogP contribution is 2.43. The molecular formula is C15H18N2. The van der Waals surface area contributed by atoms with Gasteiger partial charge in [-0.15, -0.1) is 6.58 Å². The van der Waals surface area contributed by atoms with Crippen LogP contribution < -0.4 is 5.32 Å². The van der Waals surface area contributed by atoms with Crippen molar-refractivity contribution in [1.29, 1.82) is 5.26 Å². The highest BCUT2D eigenvalue weighted by Gasteiger charge is 2.45. The summed E-state index contributed by atoms with van der Waals surface area (Å²) in [6, 6.07) is 13.1. The Morgan fingerprint density at radius 1 is 1.41 bits per heavy atom. The third kappa shape index (κ3) is 2.40. The van der Waals surface area contributed by atoms with Crippen LogP contribution in [0.1, 0.15) is 24.8 Å². The molecule has 2 heteroatoms. The van der Waals surface area contributed by atoms with Crippen LogP contribution in [-0.4, -0.2) is 12.6 Å². The maximum absolute atomic E-state index is 9.39. The predicted octanol–water partition coefficient (Wildman–Crippen LogP) is 2.78. The van der Waals surface area contributed by atoms with Crippen molar-refractivity contribution in [1.82, 2.24) is 5.32 Å². The molecule has 1 N–H and O–H groups in total. The van der Waals surface area contributed by atoms with Gasteiger partial charge < -0.3 is 5.32 Å². The first-order valence-electron chi connectivity index (χ1n) is 6.12. The van der Waals surface area contributed by atoms with Crippen LogP contribution in [0, 0.1) is 11.3 Å². The first-order chi connectivity index (χ1) is 8.30. The fourth-order valence-electron chi connectivity index (χ4n) is 2.46. The van der Waals surface area contributed by atoms with Crippen molar-refractivity contribution in [2.24, 2.45) is 0 Å². The van der Waals surface area contributed by atoms with Crippen LogP contribution in [0.2, 0.25) is 0 Å². The Morgan fingerprint density at radius 2 is 2.12 bits per heavy atom. The van der Waals surface area contributed by atoms with E-state index in [4.69, 9.17) is 0 Å². The van der Waals surface area contributed by atoms with Gasteiger partial charge in [-0.25, -0.2) is 0 Å².